The molecule has 1 aliphatic heterocycles. The van der Waals surface area contributed by atoms with Crippen LogP contribution in [0.5, 0.6) is 0 Å². The zero-order valence-corrected chi connectivity index (χ0v) is 7.48. The molecule has 1 fully saturated rings. The van der Waals surface area contributed by atoms with E-state index in [0.29, 0.717) is 17.6 Å². The Kier molecular flexibility index (Phi) is 2.04. The van der Waals surface area contributed by atoms with Crippen LogP contribution in [0.3, 0.4) is 0 Å². The lowest BCUT2D eigenvalue weighted by atomic mass is 9.80. The molecule has 1 heteroatoms. The number of hydrogen-bond donors (Lipinski definition) is 0. The Morgan fingerprint density at radius 3 is 1.80 bits per heavy atom. The van der Waals surface area contributed by atoms with E-state index in [0.717, 1.165) is 0 Å². The van der Waals surface area contributed by atoms with Gasteiger partial charge < -0.3 is 4.74 Å². The van der Waals surface area contributed by atoms with Crippen LogP contribution in [0.4, 0.5) is 0 Å². The standard InChI is InChI=1S/C9H18O/c1-7-5-9(3,4)6-8(2)10-7/h7-8H,5-6H2,1-4H3. The van der Waals surface area contributed by atoms with Crippen LogP contribution in [0.15, 0.2) is 0 Å². The van der Waals surface area contributed by atoms with Crippen LogP contribution in [-0.2, 0) is 4.74 Å². The minimum Gasteiger partial charge on any atom is -0.376 e. The van der Waals surface area contributed by atoms with Crippen LogP contribution >= 0.6 is 0 Å². The molecule has 1 heterocycles. The molecule has 0 N–H and O–H groups in total. The van der Waals surface area contributed by atoms with Crippen molar-refractivity contribution in [1.82, 2.24) is 0 Å². The highest BCUT2D eigenvalue weighted by atomic mass is 16.5. The van der Waals surface area contributed by atoms with E-state index in [1.54, 1.807) is 0 Å². The van der Waals surface area contributed by atoms with Crippen LogP contribution in [0.2, 0.25) is 0 Å². The number of hydrogen-bond acceptors (Lipinski definition) is 1. The van der Waals surface area contributed by atoms with E-state index >= 15 is 0 Å². The summed E-state index contributed by atoms with van der Waals surface area (Å²) in [7, 11) is 0. The maximum absolute atomic E-state index is 5.62. The van der Waals surface area contributed by atoms with E-state index in [4.69, 9.17) is 4.74 Å². The van der Waals surface area contributed by atoms with Crippen LogP contribution in [0.1, 0.15) is 40.5 Å². The molecule has 0 amide bonds. The topological polar surface area (TPSA) is 9.23 Å². The van der Waals surface area contributed by atoms with Gasteiger partial charge in [0.25, 0.3) is 0 Å². The molecule has 0 aliphatic carbocycles. The molecular formula is C9H18O. The summed E-state index contributed by atoms with van der Waals surface area (Å²) in [5, 5.41) is 0. The molecular weight excluding hydrogens is 124 g/mol. The van der Waals surface area contributed by atoms with Gasteiger partial charge >= 0.3 is 0 Å². The van der Waals surface area contributed by atoms with Gasteiger partial charge in [0.05, 0.1) is 12.2 Å². The molecule has 1 saturated heterocycles. The number of rotatable bonds is 0. The van der Waals surface area contributed by atoms with Gasteiger partial charge in [-0.1, -0.05) is 13.8 Å². The van der Waals surface area contributed by atoms with Crippen LogP contribution in [0.25, 0.3) is 0 Å². The third kappa shape index (κ3) is 1.98. The minimum atomic E-state index is 0.457. The highest BCUT2D eigenvalue weighted by molar-refractivity contribution is 4.79. The van der Waals surface area contributed by atoms with Crippen molar-refractivity contribution < 1.29 is 4.74 Å². The lowest BCUT2D eigenvalue weighted by Gasteiger charge is -2.37. The van der Waals surface area contributed by atoms with Crippen molar-refractivity contribution in [3.63, 3.8) is 0 Å². The summed E-state index contributed by atoms with van der Waals surface area (Å²) < 4.78 is 5.62. The van der Waals surface area contributed by atoms with Crippen LogP contribution in [0, 0.1) is 5.41 Å². The molecule has 1 nitrogen and oxygen atoms in total. The first-order valence-corrected chi connectivity index (χ1v) is 4.15. The van der Waals surface area contributed by atoms with Gasteiger partial charge in [-0.2, -0.15) is 0 Å². The molecule has 2 atom stereocenters. The summed E-state index contributed by atoms with van der Waals surface area (Å²) in [6, 6.07) is 0. The first-order chi connectivity index (χ1) is 4.49. The molecule has 0 radical (unpaired) electrons. The monoisotopic (exact) mass is 142 g/mol. The predicted octanol–water partition coefficient (Wildman–Crippen LogP) is 2.60. The van der Waals surface area contributed by atoms with Crippen LogP contribution in [-0.4, -0.2) is 12.2 Å². The Bertz CT molecular complexity index is 106. The molecule has 0 aromatic rings. The molecule has 10 heavy (non-hydrogen) atoms. The summed E-state index contributed by atoms with van der Waals surface area (Å²) in [5.74, 6) is 0. The molecule has 0 saturated carbocycles. The van der Waals surface area contributed by atoms with Gasteiger partial charge in [0.1, 0.15) is 0 Å². The summed E-state index contributed by atoms with van der Waals surface area (Å²) >= 11 is 0. The molecule has 0 spiro atoms. The SMILES string of the molecule is CC1CC(C)(C)CC(C)O1. The van der Waals surface area contributed by atoms with Gasteiger partial charge in [-0.25, -0.2) is 0 Å². The van der Waals surface area contributed by atoms with Gasteiger partial charge in [-0.3, -0.25) is 0 Å². The van der Waals surface area contributed by atoms with E-state index in [9.17, 15) is 0 Å². The van der Waals surface area contributed by atoms with Crippen molar-refractivity contribution in [3.05, 3.63) is 0 Å². The Balaban J connectivity index is 2.51. The van der Waals surface area contributed by atoms with Gasteiger partial charge in [0.15, 0.2) is 0 Å². The van der Waals surface area contributed by atoms with Crippen molar-refractivity contribution in [2.24, 2.45) is 5.41 Å². The first kappa shape index (κ1) is 8.06. The Morgan fingerprint density at radius 2 is 1.50 bits per heavy atom. The fourth-order valence-electron chi connectivity index (χ4n) is 2.13. The number of ether oxygens (including phenoxy) is 1. The van der Waals surface area contributed by atoms with E-state index < -0.39 is 0 Å². The fourth-order valence-corrected chi connectivity index (χ4v) is 2.13. The molecule has 1 rings (SSSR count). The quantitative estimate of drug-likeness (QED) is 0.505. The smallest absolute Gasteiger partial charge is 0.0555 e. The Morgan fingerprint density at radius 1 is 1.10 bits per heavy atom. The van der Waals surface area contributed by atoms with Crippen LogP contribution < -0.4 is 0 Å². The molecule has 0 aromatic carbocycles. The lowest BCUT2D eigenvalue weighted by Crippen LogP contribution is -2.34. The van der Waals surface area contributed by atoms with Gasteiger partial charge in [-0.15, -0.1) is 0 Å². The third-order valence-electron chi connectivity index (χ3n) is 2.14. The lowest BCUT2D eigenvalue weighted by molar-refractivity contribution is -0.0760. The largest absolute Gasteiger partial charge is 0.376 e. The first-order valence-electron chi connectivity index (χ1n) is 4.15. The minimum absolute atomic E-state index is 0.457. The van der Waals surface area contributed by atoms with E-state index in [1.165, 1.54) is 12.8 Å². The van der Waals surface area contributed by atoms with E-state index in [1.807, 2.05) is 0 Å². The molecule has 0 bridgehead atoms. The second-order valence-corrected chi connectivity index (χ2v) is 4.33. The fraction of sp³-hybridized carbons (Fsp3) is 1.00. The van der Waals surface area contributed by atoms with Gasteiger partial charge in [0, 0.05) is 0 Å². The molecule has 2 unspecified atom stereocenters. The maximum Gasteiger partial charge on any atom is 0.0555 e. The second-order valence-electron chi connectivity index (χ2n) is 4.33. The van der Waals surface area contributed by atoms with Crippen molar-refractivity contribution in [1.29, 1.82) is 0 Å². The maximum atomic E-state index is 5.62. The second kappa shape index (κ2) is 2.54. The van der Waals surface area contributed by atoms with Crippen molar-refractivity contribution in [2.45, 2.75) is 52.7 Å². The average Bonchev–Trinajstić information content (AvgIpc) is 1.54. The summed E-state index contributed by atoms with van der Waals surface area (Å²) in [6.45, 7) is 8.97. The molecule has 60 valence electrons. The van der Waals surface area contributed by atoms with E-state index in [-0.39, 0.29) is 0 Å². The van der Waals surface area contributed by atoms with Gasteiger partial charge in [0.2, 0.25) is 0 Å². The average molecular weight is 142 g/mol. The highest BCUT2D eigenvalue weighted by Crippen LogP contribution is 2.34. The van der Waals surface area contributed by atoms with Gasteiger partial charge in [-0.05, 0) is 32.1 Å². The van der Waals surface area contributed by atoms with Crippen molar-refractivity contribution in [2.75, 3.05) is 0 Å². The van der Waals surface area contributed by atoms with E-state index in [2.05, 4.69) is 27.7 Å². The molecule has 0 aromatic heterocycles. The Hall–Kier alpha value is -0.0400. The summed E-state index contributed by atoms with van der Waals surface area (Å²) in [5.41, 5.74) is 0.497. The zero-order chi connectivity index (χ0) is 7.78. The third-order valence-corrected chi connectivity index (χ3v) is 2.14. The normalized spacial score (nSPS) is 39.6. The highest BCUT2D eigenvalue weighted by Gasteiger charge is 2.29. The van der Waals surface area contributed by atoms with Crippen molar-refractivity contribution >= 4 is 0 Å². The van der Waals surface area contributed by atoms with Crippen molar-refractivity contribution in [3.8, 4) is 0 Å². The zero-order valence-electron chi connectivity index (χ0n) is 7.48. The predicted molar refractivity (Wildman–Crippen MR) is 43.0 cm³/mol. The summed E-state index contributed by atoms with van der Waals surface area (Å²) in [4.78, 5) is 0. The Labute approximate surface area is 63.8 Å². The molecule has 1 aliphatic rings. The summed E-state index contributed by atoms with van der Waals surface area (Å²) in [6.07, 6.45) is 3.33.